The lowest BCUT2D eigenvalue weighted by Gasteiger charge is -2.35. The van der Waals surface area contributed by atoms with E-state index in [4.69, 9.17) is 0 Å². The zero-order chi connectivity index (χ0) is 15.4. The van der Waals surface area contributed by atoms with Crippen molar-refractivity contribution in [2.45, 2.75) is 58.0 Å². The molecule has 0 spiro atoms. The van der Waals surface area contributed by atoms with Crippen LogP contribution in [0.15, 0.2) is 18.2 Å². The highest BCUT2D eigenvalue weighted by Gasteiger charge is 2.47. The predicted octanol–water partition coefficient (Wildman–Crippen LogP) is 3.93. The van der Waals surface area contributed by atoms with Gasteiger partial charge in [-0.2, -0.15) is 0 Å². The third-order valence-corrected chi connectivity index (χ3v) is 5.95. The van der Waals surface area contributed by atoms with Crippen molar-refractivity contribution in [2.75, 3.05) is 0 Å². The van der Waals surface area contributed by atoms with Crippen LogP contribution in [0, 0.1) is 0 Å². The van der Waals surface area contributed by atoms with E-state index in [1.807, 2.05) is 20.8 Å². The average molecular weight is 300 g/mol. The van der Waals surface area contributed by atoms with E-state index in [2.05, 4.69) is 0 Å². The van der Waals surface area contributed by atoms with Gasteiger partial charge in [-0.05, 0) is 42.5 Å². The molecule has 114 valence electrons. The smallest absolute Gasteiger partial charge is 0.335 e. The Bertz CT molecular complexity index is 495. The van der Waals surface area contributed by atoms with Crippen molar-refractivity contribution in [2.24, 2.45) is 0 Å². The van der Waals surface area contributed by atoms with Crippen molar-refractivity contribution in [1.82, 2.24) is 0 Å². The Morgan fingerprint density at radius 1 is 1.20 bits per heavy atom. The number of benzene rings is 1. The van der Waals surface area contributed by atoms with E-state index in [0.29, 0.717) is 24.8 Å². The van der Waals surface area contributed by atoms with E-state index in [9.17, 15) is 19.5 Å². The molecule has 1 atom stereocenters. The minimum atomic E-state index is -4.30. The quantitative estimate of drug-likeness (QED) is 0.667. The van der Waals surface area contributed by atoms with Gasteiger partial charge in [-0.3, -0.25) is 4.57 Å². The monoisotopic (exact) mass is 300 g/mol. The standard InChI is InChI=1S/C15H25O4P/c1-4-7-10-15(6-3,20(17,18)19)14-9-8-13(16)11-12(14)5-2/h8-9,11,16H,4-7,10H2,1-3H3,(H2,17,18,19). The number of hydrogen-bond donors (Lipinski definition) is 3. The minimum absolute atomic E-state index is 0.136. The van der Waals surface area contributed by atoms with Crippen LogP contribution < -0.4 is 0 Å². The highest BCUT2D eigenvalue weighted by molar-refractivity contribution is 7.53. The van der Waals surface area contributed by atoms with E-state index >= 15 is 0 Å². The first-order valence-corrected chi connectivity index (χ1v) is 8.81. The molecule has 5 heteroatoms. The van der Waals surface area contributed by atoms with Gasteiger partial charge in [0.1, 0.15) is 5.75 Å². The molecule has 0 saturated carbocycles. The maximum Gasteiger partial charge on any atom is 0.335 e. The van der Waals surface area contributed by atoms with Crippen molar-refractivity contribution in [3.8, 4) is 5.75 Å². The minimum Gasteiger partial charge on any atom is -0.508 e. The van der Waals surface area contributed by atoms with Crippen LogP contribution in [0.3, 0.4) is 0 Å². The molecular formula is C15H25O4P. The highest BCUT2D eigenvalue weighted by Crippen LogP contribution is 2.62. The van der Waals surface area contributed by atoms with Crippen molar-refractivity contribution < 1.29 is 19.5 Å². The number of hydrogen-bond acceptors (Lipinski definition) is 2. The van der Waals surface area contributed by atoms with Crippen LogP contribution in [0.2, 0.25) is 0 Å². The van der Waals surface area contributed by atoms with Crippen molar-refractivity contribution in [3.05, 3.63) is 29.3 Å². The van der Waals surface area contributed by atoms with Gasteiger partial charge in [-0.1, -0.05) is 39.7 Å². The molecule has 1 aromatic rings. The van der Waals surface area contributed by atoms with Gasteiger partial charge in [0.05, 0.1) is 5.16 Å². The Morgan fingerprint density at radius 3 is 2.30 bits per heavy atom. The fourth-order valence-electron chi connectivity index (χ4n) is 2.81. The molecule has 1 aromatic carbocycles. The normalized spacial score (nSPS) is 15.1. The summed E-state index contributed by atoms with van der Waals surface area (Å²) in [5.41, 5.74) is 1.49. The lowest BCUT2D eigenvalue weighted by molar-refractivity contribution is 0.307. The first kappa shape index (κ1) is 17.2. The van der Waals surface area contributed by atoms with Crippen molar-refractivity contribution >= 4 is 7.60 Å². The first-order chi connectivity index (χ1) is 9.32. The largest absolute Gasteiger partial charge is 0.508 e. The topological polar surface area (TPSA) is 77.8 Å². The summed E-state index contributed by atoms with van der Waals surface area (Å²) in [5, 5.41) is 8.46. The average Bonchev–Trinajstić information content (AvgIpc) is 2.39. The molecule has 0 radical (unpaired) electrons. The van der Waals surface area contributed by atoms with Crippen LogP contribution in [-0.4, -0.2) is 14.9 Å². The van der Waals surface area contributed by atoms with Crippen LogP contribution in [-0.2, 0) is 16.1 Å². The number of phenols is 1. The van der Waals surface area contributed by atoms with E-state index in [1.54, 1.807) is 12.1 Å². The van der Waals surface area contributed by atoms with Gasteiger partial charge in [-0.15, -0.1) is 0 Å². The number of aryl methyl sites for hydroxylation is 1. The summed E-state index contributed by atoms with van der Waals surface area (Å²) in [6.45, 7) is 5.76. The van der Waals surface area contributed by atoms with Gasteiger partial charge in [0.25, 0.3) is 0 Å². The molecule has 0 saturated heterocycles. The summed E-state index contributed by atoms with van der Waals surface area (Å²) < 4.78 is 12.2. The molecule has 4 nitrogen and oxygen atoms in total. The van der Waals surface area contributed by atoms with Crippen LogP contribution in [0.25, 0.3) is 0 Å². The highest BCUT2D eigenvalue weighted by atomic mass is 31.2. The number of aromatic hydroxyl groups is 1. The Hall–Kier alpha value is -0.830. The second-order valence-corrected chi connectivity index (χ2v) is 7.17. The fourth-order valence-corrected chi connectivity index (χ4v) is 4.20. The second kappa shape index (κ2) is 6.75. The Balaban J connectivity index is 3.47. The molecule has 0 aliphatic rings. The zero-order valence-corrected chi connectivity index (χ0v) is 13.4. The maximum absolute atomic E-state index is 12.2. The van der Waals surface area contributed by atoms with Gasteiger partial charge in [0, 0.05) is 0 Å². The molecule has 0 aliphatic heterocycles. The lowest BCUT2D eigenvalue weighted by atomic mass is 9.86. The Kier molecular flexibility index (Phi) is 5.81. The summed E-state index contributed by atoms with van der Waals surface area (Å²) in [7, 11) is -4.30. The molecule has 0 fully saturated rings. The van der Waals surface area contributed by atoms with Crippen molar-refractivity contribution in [1.29, 1.82) is 0 Å². The summed E-state index contributed by atoms with van der Waals surface area (Å²) >= 11 is 0. The first-order valence-electron chi connectivity index (χ1n) is 7.20. The van der Waals surface area contributed by atoms with Gasteiger partial charge in [0.2, 0.25) is 0 Å². The van der Waals surface area contributed by atoms with E-state index < -0.39 is 12.8 Å². The Morgan fingerprint density at radius 2 is 1.85 bits per heavy atom. The van der Waals surface area contributed by atoms with Gasteiger partial charge in [0.15, 0.2) is 0 Å². The summed E-state index contributed by atoms with van der Waals surface area (Å²) in [5.74, 6) is 0.136. The van der Waals surface area contributed by atoms with E-state index in [-0.39, 0.29) is 5.75 Å². The fraction of sp³-hybridized carbons (Fsp3) is 0.600. The van der Waals surface area contributed by atoms with Crippen LogP contribution in [0.5, 0.6) is 5.75 Å². The van der Waals surface area contributed by atoms with Crippen LogP contribution in [0.4, 0.5) is 0 Å². The maximum atomic E-state index is 12.2. The molecule has 3 N–H and O–H groups in total. The van der Waals surface area contributed by atoms with Crippen LogP contribution in [0.1, 0.15) is 57.6 Å². The lowest BCUT2D eigenvalue weighted by Crippen LogP contribution is -2.27. The molecule has 0 aromatic heterocycles. The van der Waals surface area contributed by atoms with E-state index in [1.165, 1.54) is 6.07 Å². The van der Waals surface area contributed by atoms with Gasteiger partial charge >= 0.3 is 7.60 Å². The molecule has 0 aliphatic carbocycles. The van der Waals surface area contributed by atoms with Gasteiger partial charge < -0.3 is 14.9 Å². The Labute approximate surface area is 121 Å². The summed E-state index contributed by atoms with van der Waals surface area (Å²) in [4.78, 5) is 19.9. The predicted molar refractivity (Wildman–Crippen MR) is 81.0 cm³/mol. The van der Waals surface area contributed by atoms with Crippen LogP contribution >= 0.6 is 7.60 Å². The molecule has 1 unspecified atom stereocenters. The third-order valence-electron chi connectivity index (χ3n) is 4.06. The molecule has 1 rings (SSSR count). The molecule has 0 amide bonds. The van der Waals surface area contributed by atoms with E-state index in [0.717, 1.165) is 18.4 Å². The molecule has 20 heavy (non-hydrogen) atoms. The zero-order valence-electron chi connectivity index (χ0n) is 12.5. The molecule has 0 heterocycles. The number of phenolic OH excluding ortho intramolecular Hbond substituents is 1. The summed E-state index contributed by atoms with van der Waals surface area (Å²) in [6.07, 6.45) is 3.14. The molecular weight excluding hydrogens is 275 g/mol. The summed E-state index contributed by atoms with van der Waals surface area (Å²) in [6, 6.07) is 4.80. The SMILES string of the molecule is CCCCC(CC)(c1ccc(O)cc1CC)P(=O)(O)O. The van der Waals surface area contributed by atoms with Gasteiger partial charge in [-0.25, -0.2) is 0 Å². The third kappa shape index (κ3) is 3.25. The molecule has 0 bridgehead atoms. The van der Waals surface area contributed by atoms with Crippen molar-refractivity contribution in [3.63, 3.8) is 0 Å². The number of rotatable bonds is 7. The number of unbranched alkanes of at least 4 members (excludes halogenated alkanes) is 1. The second-order valence-electron chi connectivity index (χ2n) is 5.23.